The number of nitrogens with zero attached hydrogens (tertiary/aromatic N) is 1. The van der Waals surface area contributed by atoms with Gasteiger partial charge in [0.2, 0.25) is 0 Å². The molecule has 0 saturated heterocycles. The lowest BCUT2D eigenvalue weighted by molar-refractivity contribution is 0.0695. The highest BCUT2D eigenvalue weighted by atomic mass is 35.5. The Morgan fingerprint density at radius 3 is 2.70 bits per heavy atom. The maximum atomic E-state index is 11.2. The molecule has 3 aromatic rings. The van der Waals surface area contributed by atoms with Gasteiger partial charge in [0.25, 0.3) is 0 Å². The summed E-state index contributed by atoms with van der Waals surface area (Å²) in [4.78, 5) is 11.2. The molecule has 0 radical (unpaired) electrons. The van der Waals surface area contributed by atoms with Crippen LogP contribution < -0.4 is 0 Å². The summed E-state index contributed by atoms with van der Waals surface area (Å²) in [7, 11) is 0. The number of fused-ring (bicyclic) bond motifs is 1. The molecule has 0 atom stereocenters. The molecule has 0 spiro atoms. The number of carboxylic acids is 1. The quantitative estimate of drug-likeness (QED) is 0.789. The lowest BCUT2D eigenvalue weighted by atomic mass is 10.1. The predicted octanol–water partition coefficient (Wildman–Crippen LogP) is 4.04. The maximum absolute atomic E-state index is 11.2. The van der Waals surface area contributed by atoms with Crippen LogP contribution in [0, 0.1) is 0 Å². The van der Waals surface area contributed by atoms with Crippen molar-refractivity contribution in [3.8, 4) is 0 Å². The number of rotatable bonds is 3. The highest BCUT2D eigenvalue weighted by Crippen LogP contribution is 2.25. The van der Waals surface area contributed by atoms with E-state index in [1.165, 1.54) is 0 Å². The Kier molecular flexibility index (Phi) is 3.20. The minimum absolute atomic E-state index is 0.321. The molecule has 1 aromatic heterocycles. The van der Waals surface area contributed by atoms with Crippen LogP contribution >= 0.6 is 11.6 Å². The number of aromatic nitrogens is 1. The number of aromatic carboxylic acids is 1. The first-order chi connectivity index (χ1) is 9.66. The van der Waals surface area contributed by atoms with Crippen molar-refractivity contribution in [2.45, 2.75) is 6.54 Å². The maximum Gasteiger partial charge on any atom is 0.336 e. The summed E-state index contributed by atoms with van der Waals surface area (Å²) in [6.45, 7) is 0.482. The largest absolute Gasteiger partial charge is 0.478 e. The van der Waals surface area contributed by atoms with Crippen LogP contribution in [-0.2, 0) is 6.54 Å². The number of hydrogen-bond donors (Lipinski definition) is 1. The molecule has 100 valence electrons. The van der Waals surface area contributed by atoms with Crippen LogP contribution in [0.5, 0.6) is 0 Å². The van der Waals surface area contributed by atoms with Crippen molar-refractivity contribution in [3.63, 3.8) is 0 Å². The second-order valence-electron chi connectivity index (χ2n) is 4.58. The smallest absolute Gasteiger partial charge is 0.336 e. The second-order valence-corrected chi connectivity index (χ2v) is 4.99. The first-order valence-electron chi connectivity index (χ1n) is 6.21. The Hall–Kier alpha value is -2.26. The molecule has 1 N–H and O–H groups in total. The number of carboxylic acid groups (broad SMARTS) is 1. The van der Waals surface area contributed by atoms with Crippen molar-refractivity contribution < 1.29 is 9.90 Å². The normalized spacial score (nSPS) is 10.8. The zero-order valence-corrected chi connectivity index (χ0v) is 11.3. The number of hydrogen-bond acceptors (Lipinski definition) is 1. The van der Waals surface area contributed by atoms with Crippen LogP contribution in [0.25, 0.3) is 10.9 Å². The molecule has 0 saturated carbocycles. The minimum Gasteiger partial charge on any atom is -0.478 e. The molecule has 0 amide bonds. The third kappa shape index (κ3) is 2.17. The molecule has 3 nitrogen and oxygen atoms in total. The fourth-order valence-corrected chi connectivity index (χ4v) is 2.69. The highest BCUT2D eigenvalue weighted by molar-refractivity contribution is 6.35. The number of benzene rings is 2. The minimum atomic E-state index is -0.914. The summed E-state index contributed by atoms with van der Waals surface area (Å²) in [6.07, 6.45) is 1.93. The van der Waals surface area contributed by atoms with Gasteiger partial charge in [-0.2, -0.15) is 0 Å². The molecular formula is C16H12ClNO2. The zero-order valence-electron chi connectivity index (χ0n) is 10.6. The molecule has 0 aliphatic carbocycles. The first kappa shape index (κ1) is 12.8. The third-order valence-electron chi connectivity index (χ3n) is 3.33. The Bertz CT molecular complexity index is 792. The third-order valence-corrected chi connectivity index (χ3v) is 3.63. The van der Waals surface area contributed by atoms with Gasteiger partial charge < -0.3 is 9.67 Å². The van der Waals surface area contributed by atoms with Gasteiger partial charge in [0.05, 0.1) is 16.1 Å². The lowest BCUT2D eigenvalue weighted by Gasteiger charge is -2.09. The van der Waals surface area contributed by atoms with Crippen molar-refractivity contribution in [2.24, 2.45) is 0 Å². The average Bonchev–Trinajstić information content (AvgIpc) is 2.84. The van der Waals surface area contributed by atoms with Gasteiger partial charge in [0.1, 0.15) is 0 Å². The summed E-state index contributed by atoms with van der Waals surface area (Å²) >= 11 is 6.23. The van der Waals surface area contributed by atoms with Gasteiger partial charge in [-0.15, -0.1) is 0 Å². The zero-order chi connectivity index (χ0) is 14.1. The van der Waals surface area contributed by atoms with Crippen LogP contribution in [-0.4, -0.2) is 15.6 Å². The fourth-order valence-electron chi connectivity index (χ4n) is 2.40. The molecule has 3 rings (SSSR count). The second kappa shape index (κ2) is 5.02. The van der Waals surface area contributed by atoms with E-state index in [4.69, 9.17) is 11.6 Å². The van der Waals surface area contributed by atoms with Crippen LogP contribution in [0.15, 0.2) is 54.7 Å². The number of para-hydroxylation sites is 1. The van der Waals surface area contributed by atoms with Gasteiger partial charge >= 0.3 is 5.97 Å². The van der Waals surface area contributed by atoms with Crippen LogP contribution in [0.4, 0.5) is 0 Å². The SMILES string of the molecule is O=C(O)c1ccccc1Cn1ccc2cccc(Cl)c21. The fraction of sp³-hybridized carbons (Fsp3) is 0.0625. The van der Waals surface area contributed by atoms with Crippen molar-refractivity contribution >= 4 is 28.5 Å². The Balaban J connectivity index is 2.09. The van der Waals surface area contributed by atoms with Crippen LogP contribution in [0.3, 0.4) is 0 Å². The molecule has 4 heteroatoms. The van der Waals surface area contributed by atoms with Crippen LogP contribution in [0.1, 0.15) is 15.9 Å². The molecular weight excluding hydrogens is 274 g/mol. The topological polar surface area (TPSA) is 42.2 Å². The van der Waals surface area contributed by atoms with E-state index in [9.17, 15) is 9.90 Å². The molecule has 0 unspecified atom stereocenters. The van der Waals surface area contributed by atoms with E-state index in [2.05, 4.69) is 0 Å². The monoisotopic (exact) mass is 285 g/mol. The molecule has 2 aromatic carbocycles. The van der Waals surface area contributed by atoms with Crippen molar-refractivity contribution in [1.29, 1.82) is 0 Å². The van der Waals surface area contributed by atoms with E-state index in [1.807, 2.05) is 47.2 Å². The van der Waals surface area contributed by atoms with Gasteiger partial charge in [0.15, 0.2) is 0 Å². The summed E-state index contributed by atoms with van der Waals surface area (Å²) in [5, 5.41) is 10.9. The standard InChI is InChI=1S/C16H12ClNO2/c17-14-7-3-5-11-8-9-18(15(11)14)10-12-4-1-2-6-13(12)16(19)20/h1-9H,10H2,(H,19,20). The first-order valence-corrected chi connectivity index (χ1v) is 6.59. The number of halogens is 1. The Labute approximate surface area is 121 Å². The van der Waals surface area contributed by atoms with E-state index in [1.54, 1.807) is 12.1 Å². The summed E-state index contributed by atoms with van der Waals surface area (Å²) in [5.41, 5.74) is 2.01. The Morgan fingerprint density at radius 2 is 1.90 bits per heavy atom. The molecule has 0 aliphatic rings. The Morgan fingerprint density at radius 1 is 1.10 bits per heavy atom. The van der Waals surface area contributed by atoms with E-state index < -0.39 is 5.97 Å². The molecule has 20 heavy (non-hydrogen) atoms. The summed E-state index contributed by atoms with van der Waals surface area (Å²) in [6, 6.07) is 14.7. The summed E-state index contributed by atoms with van der Waals surface area (Å²) in [5.74, 6) is -0.914. The van der Waals surface area contributed by atoms with Gasteiger partial charge in [0, 0.05) is 18.1 Å². The molecule has 1 heterocycles. The summed E-state index contributed by atoms with van der Waals surface area (Å²) < 4.78 is 1.97. The predicted molar refractivity (Wildman–Crippen MR) is 79.5 cm³/mol. The van der Waals surface area contributed by atoms with E-state index >= 15 is 0 Å². The average molecular weight is 286 g/mol. The van der Waals surface area contributed by atoms with Crippen molar-refractivity contribution in [1.82, 2.24) is 4.57 Å². The van der Waals surface area contributed by atoms with Crippen LogP contribution in [0.2, 0.25) is 5.02 Å². The highest BCUT2D eigenvalue weighted by Gasteiger charge is 2.11. The lowest BCUT2D eigenvalue weighted by Crippen LogP contribution is -2.06. The molecule has 0 fully saturated rings. The van der Waals surface area contributed by atoms with E-state index in [0.717, 1.165) is 16.5 Å². The van der Waals surface area contributed by atoms with Crippen molar-refractivity contribution in [3.05, 3.63) is 70.9 Å². The van der Waals surface area contributed by atoms with Gasteiger partial charge in [-0.25, -0.2) is 4.79 Å². The van der Waals surface area contributed by atoms with Gasteiger partial charge in [-0.1, -0.05) is 41.9 Å². The van der Waals surface area contributed by atoms with E-state index in [-0.39, 0.29) is 0 Å². The van der Waals surface area contributed by atoms with Gasteiger partial charge in [-0.3, -0.25) is 0 Å². The van der Waals surface area contributed by atoms with Gasteiger partial charge in [-0.05, 0) is 23.8 Å². The molecule has 0 aliphatic heterocycles. The number of carbonyl (C=O) groups is 1. The van der Waals surface area contributed by atoms with E-state index in [0.29, 0.717) is 17.1 Å². The molecule has 0 bridgehead atoms. The van der Waals surface area contributed by atoms with Crippen molar-refractivity contribution in [2.75, 3.05) is 0 Å².